The molecule has 0 radical (unpaired) electrons. The summed E-state index contributed by atoms with van der Waals surface area (Å²) in [6.07, 6.45) is 0.838. The van der Waals surface area contributed by atoms with Gasteiger partial charge in [-0.1, -0.05) is 30.1 Å². The SMILES string of the molecule is CCc1nc(NC(=O)c2cc(Cl)nc(Cl)c2)sc1C. The molecule has 100 valence electrons. The van der Waals surface area contributed by atoms with Crippen molar-refractivity contribution < 1.29 is 4.79 Å². The van der Waals surface area contributed by atoms with Crippen LogP contribution in [0.1, 0.15) is 27.9 Å². The molecule has 2 aromatic rings. The van der Waals surface area contributed by atoms with Gasteiger partial charge in [0.2, 0.25) is 0 Å². The van der Waals surface area contributed by atoms with E-state index in [0.29, 0.717) is 10.7 Å². The first-order valence-corrected chi connectivity index (χ1v) is 7.17. The van der Waals surface area contributed by atoms with Gasteiger partial charge < -0.3 is 0 Å². The monoisotopic (exact) mass is 315 g/mol. The van der Waals surface area contributed by atoms with Gasteiger partial charge in [0.1, 0.15) is 10.3 Å². The number of halogens is 2. The van der Waals surface area contributed by atoms with Gasteiger partial charge in [-0.05, 0) is 25.5 Å². The molecule has 0 saturated carbocycles. The van der Waals surface area contributed by atoms with Crippen LogP contribution in [0.2, 0.25) is 10.3 Å². The van der Waals surface area contributed by atoms with Crippen LogP contribution in [0.5, 0.6) is 0 Å². The number of aryl methyl sites for hydroxylation is 2. The van der Waals surface area contributed by atoms with Crippen molar-refractivity contribution in [1.29, 1.82) is 0 Å². The largest absolute Gasteiger partial charge is 0.298 e. The van der Waals surface area contributed by atoms with Crippen LogP contribution in [0.4, 0.5) is 5.13 Å². The van der Waals surface area contributed by atoms with E-state index in [1.807, 2.05) is 13.8 Å². The first-order chi connectivity index (χ1) is 8.99. The third kappa shape index (κ3) is 3.43. The Morgan fingerprint density at radius 2 is 1.95 bits per heavy atom. The smallest absolute Gasteiger partial charge is 0.257 e. The van der Waals surface area contributed by atoms with E-state index in [0.717, 1.165) is 17.0 Å². The minimum absolute atomic E-state index is 0.183. The summed E-state index contributed by atoms with van der Waals surface area (Å²) in [6.45, 7) is 4.00. The van der Waals surface area contributed by atoms with Gasteiger partial charge in [0.25, 0.3) is 5.91 Å². The molecule has 7 heteroatoms. The fraction of sp³-hybridized carbons (Fsp3) is 0.250. The summed E-state index contributed by atoms with van der Waals surface area (Å²) >= 11 is 13.0. The standard InChI is InChI=1S/C12H11Cl2N3OS/c1-3-8-6(2)19-12(15-8)17-11(18)7-4-9(13)16-10(14)5-7/h4-5H,3H2,1-2H3,(H,15,17,18). The summed E-state index contributed by atoms with van der Waals surface area (Å²) in [5.74, 6) is -0.303. The maximum Gasteiger partial charge on any atom is 0.257 e. The topological polar surface area (TPSA) is 54.9 Å². The number of pyridine rings is 1. The predicted octanol–water partition coefficient (Wildman–Crippen LogP) is 3.97. The molecule has 0 saturated heterocycles. The molecule has 19 heavy (non-hydrogen) atoms. The Hall–Kier alpha value is -1.17. The number of nitrogens with one attached hydrogen (secondary N) is 1. The highest BCUT2D eigenvalue weighted by Crippen LogP contribution is 2.23. The third-order valence-electron chi connectivity index (χ3n) is 2.47. The maximum absolute atomic E-state index is 12.0. The average molecular weight is 316 g/mol. The summed E-state index contributed by atoms with van der Waals surface area (Å²) in [5.41, 5.74) is 1.35. The molecule has 4 nitrogen and oxygen atoms in total. The van der Waals surface area contributed by atoms with E-state index in [9.17, 15) is 4.79 Å². The lowest BCUT2D eigenvalue weighted by Crippen LogP contribution is -2.12. The summed E-state index contributed by atoms with van der Waals surface area (Å²) in [6, 6.07) is 2.92. The summed E-state index contributed by atoms with van der Waals surface area (Å²) in [5, 5.41) is 3.67. The molecule has 0 aliphatic heterocycles. The van der Waals surface area contributed by atoms with Crippen molar-refractivity contribution >= 4 is 45.6 Å². The zero-order valence-corrected chi connectivity index (χ0v) is 12.7. The van der Waals surface area contributed by atoms with Crippen LogP contribution in [0.25, 0.3) is 0 Å². The van der Waals surface area contributed by atoms with E-state index >= 15 is 0 Å². The molecular weight excluding hydrogens is 305 g/mol. The van der Waals surface area contributed by atoms with Crippen molar-refractivity contribution in [3.8, 4) is 0 Å². The van der Waals surface area contributed by atoms with Crippen LogP contribution >= 0.6 is 34.5 Å². The van der Waals surface area contributed by atoms with E-state index in [2.05, 4.69) is 15.3 Å². The van der Waals surface area contributed by atoms with Gasteiger partial charge in [-0.25, -0.2) is 9.97 Å². The van der Waals surface area contributed by atoms with Crippen molar-refractivity contribution in [3.05, 3.63) is 38.6 Å². The van der Waals surface area contributed by atoms with Gasteiger partial charge in [-0.3, -0.25) is 10.1 Å². The molecule has 0 bridgehead atoms. The van der Waals surface area contributed by atoms with E-state index in [4.69, 9.17) is 23.2 Å². The molecule has 2 aromatic heterocycles. The van der Waals surface area contributed by atoms with Crippen molar-refractivity contribution in [2.75, 3.05) is 5.32 Å². The predicted molar refractivity (Wildman–Crippen MR) is 78.4 cm³/mol. The van der Waals surface area contributed by atoms with Crippen LogP contribution in [0.15, 0.2) is 12.1 Å². The number of hydrogen-bond donors (Lipinski definition) is 1. The molecular formula is C12H11Cl2N3OS. The van der Waals surface area contributed by atoms with Crippen molar-refractivity contribution in [2.45, 2.75) is 20.3 Å². The van der Waals surface area contributed by atoms with E-state index < -0.39 is 0 Å². The normalized spacial score (nSPS) is 10.5. The summed E-state index contributed by atoms with van der Waals surface area (Å²) < 4.78 is 0. The highest BCUT2D eigenvalue weighted by atomic mass is 35.5. The quantitative estimate of drug-likeness (QED) is 0.872. The number of thiazole rings is 1. The molecule has 0 aromatic carbocycles. The van der Waals surface area contributed by atoms with Gasteiger partial charge in [0.05, 0.1) is 5.69 Å². The molecule has 0 spiro atoms. The number of carbonyl (C=O) groups is 1. The highest BCUT2D eigenvalue weighted by Gasteiger charge is 2.12. The van der Waals surface area contributed by atoms with Gasteiger partial charge in [-0.2, -0.15) is 0 Å². The number of hydrogen-bond acceptors (Lipinski definition) is 4. The Morgan fingerprint density at radius 1 is 1.32 bits per heavy atom. The highest BCUT2D eigenvalue weighted by molar-refractivity contribution is 7.15. The molecule has 0 aliphatic rings. The lowest BCUT2D eigenvalue weighted by molar-refractivity contribution is 0.102. The second-order valence-corrected chi connectivity index (χ2v) is 5.81. The lowest BCUT2D eigenvalue weighted by Gasteiger charge is -2.02. The number of nitrogens with zero attached hydrogens (tertiary/aromatic N) is 2. The zero-order chi connectivity index (χ0) is 14.0. The minimum atomic E-state index is -0.303. The molecule has 1 amide bonds. The molecule has 0 atom stereocenters. The van der Waals surface area contributed by atoms with Crippen LogP contribution in [-0.4, -0.2) is 15.9 Å². The van der Waals surface area contributed by atoms with Gasteiger partial charge >= 0.3 is 0 Å². The second kappa shape index (κ2) is 5.86. The third-order valence-corrected chi connectivity index (χ3v) is 3.79. The van der Waals surface area contributed by atoms with Gasteiger partial charge in [0.15, 0.2) is 5.13 Å². The van der Waals surface area contributed by atoms with Gasteiger partial charge in [-0.15, -0.1) is 11.3 Å². The van der Waals surface area contributed by atoms with E-state index in [1.54, 1.807) is 0 Å². The number of carbonyl (C=O) groups excluding carboxylic acids is 1. The van der Waals surface area contributed by atoms with Gasteiger partial charge in [0, 0.05) is 10.4 Å². The molecule has 2 heterocycles. The van der Waals surface area contributed by atoms with E-state index in [1.165, 1.54) is 23.5 Å². The Labute approximate surface area is 124 Å². The van der Waals surface area contributed by atoms with Crippen molar-refractivity contribution in [1.82, 2.24) is 9.97 Å². The maximum atomic E-state index is 12.0. The number of rotatable bonds is 3. The summed E-state index contributed by atoms with van der Waals surface area (Å²) in [7, 11) is 0. The second-order valence-electron chi connectivity index (χ2n) is 3.83. The number of anilines is 1. The Morgan fingerprint density at radius 3 is 2.47 bits per heavy atom. The molecule has 0 fully saturated rings. The Balaban J connectivity index is 2.20. The molecule has 0 aliphatic carbocycles. The molecule has 1 N–H and O–H groups in total. The fourth-order valence-electron chi connectivity index (χ4n) is 1.57. The van der Waals surface area contributed by atoms with Crippen LogP contribution in [0.3, 0.4) is 0 Å². The average Bonchev–Trinajstić information content (AvgIpc) is 2.68. The van der Waals surface area contributed by atoms with Crippen LogP contribution in [-0.2, 0) is 6.42 Å². The Kier molecular flexibility index (Phi) is 4.39. The Bertz CT molecular complexity index is 607. The first kappa shape index (κ1) is 14.2. The van der Waals surface area contributed by atoms with Crippen LogP contribution < -0.4 is 5.32 Å². The molecule has 0 unspecified atom stereocenters. The zero-order valence-electron chi connectivity index (χ0n) is 10.3. The van der Waals surface area contributed by atoms with Crippen LogP contribution in [0, 0.1) is 6.92 Å². The van der Waals surface area contributed by atoms with Crippen molar-refractivity contribution in [2.24, 2.45) is 0 Å². The lowest BCUT2D eigenvalue weighted by atomic mass is 10.2. The van der Waals surface area contributed by atoms with Crippen molar-refractivity contribution in [3.63, 3.8) is 0 Å². The fourth-order valence-corrected chi connectivity index (χ4v) is 2.93. The number of aromatic nitrogens is 2. The first-order valence-electron chi connectivity index (χ1n) is 5.60. The summed E-state index contributed by atoms with van der Waals surface area (Å²) in [4.78, 5) is 21.3. The molecule has 2 rings (SSSR count). The van der Waals surface area contributed by atoms with E-state index in [-0.39, 0.29) is 16.2 Å². The minimum Gasteiger partial charge on any atom is -0.298 e. The number of amides is 1.